The van der Waals surface area contributed by atoms with Gasteiger partial charge in [0.1, 0.15) is 15.6 Å². The Hall–Kier alpha value is -1.07. The molecule has 0 spiro atoms. The van der Waals surface area contributed by atoms with Gasteiger partial charge in [-0.2, -0.15) is 0 Å². The third kappa shape index (κ3) is 3.40. The van der Waals surface area contributed by atoms with Crippen molar-refractivity contribution in [2.75, 3.05) is 12.9 Å². The molecular formula is C16H23NO3S. The van der Waals surface area contributed by atoms with E-state index in [1.807, 2.05) is 18.2 Å². The number of fused-ring (bicyclic) bond motifs is 1. The number of sulfone groups is 1. The van der Waals surface area contributed by atoms with E-state index in [9.17, 15) is 8.42 Å². The monoisotopic (exact) mass is 309 g/mol. The van der Waals surface area contributed by atoms with E-state index in [2.05, 4.69) is 11.4 Å². The van der Waals surface area contributed by atoms with Gasteiger partial charge in [-0.05, 0) is 25.3 Å². The average molecular weight is 309 g/mol. The maximum absolute atomic E-state index is 11.8. The standard InChI is InChI=1S/C16H23NO3S/c1-21(18,19)13-6-4-5-12(11-13)17-15-9-10-20-16-8-3-2-7-14(15)16/h2-3,7-8,12-13,15,17H,4-6,9-11H2,1H3. The molecule has 1 aliphatic carbocycles. The van der Waals surface area contributed by atoms with Crippen molar-refractivity contribution >= 4 is 9.84 Å². The fourth-order valence-corrected chi connectivity index (χ4v) is 4.66. The first-order valence-corrected chi connectivity index (χ1v) is 9.66. The zero-order valence-electron chi connectivity index (χ0n) is 12.4. The summed E-state index contributed by atoms with van der Waals surface area (Å²) >= 11 is 0. The Morgan fingerprint density at radius 1 is 1.19 bits per heavy atom. The minimum Gasteiger partial charge on any atom is -0.493 e. The van der Waals surface area contributed by atoms with Crippen LogP contribution in [0.5, 0.6) is 5.75 Å². The Morgan fingerprint density at radius 2 is 2.00 bits per heavy atom. The van der Waals surface area contributed by atoms with E-state index in [-0.39, 0.29) is 17.3 Å². The Bertz CT molecular complexity index is 599. The van der Waals surface area contributed by atoms with Crippen molar-refractivity contribution in [3.8, 4) is 5.75 Å². The van der Waals surface area contributed by atoms with E-state index < -0.39 is 9.84 Å². The highest BCUT2D eigenvalue weighted by Crippen LogP contribution is 2.33. The summed E-state index contributed by atoms with van der Waals surface area (Å²) in [5.41, 5.74) is 1.20. The van der Waals surface area contributed by atoms with Crippen LogP contribution in [-0.2, 0) is 9.84 Å². The van der Waals surface area contributed by atoms with E-state index in [0.717, 1.165) is 44.5 Å². The molecule has 116 valence electrons. The maximum atomic E-state index is 11.8. The number of nitrogens with one attached hydrogen (secondary N) is 1. The Morgan fingerprint density at radius 3 is 2.81 bits per heavy atom. The van der Waals surface area contributed by atoms with Gasteiger partial charge < -0.3 is 10.1 Å². The van der Waals surface area contributed by atoms with Gasteiger partial charge in [-0.3, -0.25) is 0 Å². The lowest BCUT2D eigenvalue weighted by Crippen LogP contribution is -2.41. The van der Waals surface area contributed by atoms with Crippen LogP contribution in [0.15, 0.2) is 24.3 Å². The van der Waals surface area contributed by atoms with Gasteiger partial charge in [-0.1, -0.05) is 24.6 Å². The van der Waals surface area contributed by atoms with Crippen LogP contribution in [0.1, 0.15) is 43.7 Å². The van der Waals surface area contributed by atoms with Gasteiger partial charge >= 0.3 is 0 Å². The topological polar surface area (TPSA) is 55.4 Å². The van der Waals surface area contributed by atoms with E-state index in [0.29, 0.717) is 0 Å². The normalized spacial score (nSPS) is 29.5. The first kappa shape index (κ1) is 14.9. The van der Waals surface area contributed by atoms with Gasteiger partial charge in [0.2, 0.25) is 0 Å². The molecule has 1 heterocycles. The number of benzene rings is 1. The molecule has 3 unspecified atom stereocenters. The third-order valence-corrected chi connectivity index (χ3v) is 6.27. The third-order valence-electron chi connectivity index (χ3n) is 4.63. The van der Waals surface area contributed by atoms with E-state index in [1.165, 1.54) is 11.8 Å². The molecule has 0 bridgehead atoms. The summed E-state index contributed by atoms with van der Waals surface area (Å²) in [6.07, 6.45) is 5.90. The molecule has 1 aromatic rings. The van der Waals surface area contributed by atoms with Gasteiger partial charge in [0.05, 0.1) is 11.9 Å². The lowest BCUT2D eigenvalue weighted by Gasteiger charge is -2.34. The van der Waals surface area contributed by atoms with E-state index >= 15 is 0 Å². The van der Waals surface area contributed by atoms with Crippen molar-refractivity contribution in [2.45, 2.75) is 49.4 Å². The van der Waals surface area contributed by atoms with Crippen molar-refractivity contribution in [3.05, 3.63) is 29.8 Å². The van der Waals surface area contributed by atoms with Crippen LogP contribution in [0.3, 0.4) is 0 Å². The molecule has 0 saturated heterocycles. The van der Waals surface area contributed by atoms with Gasteiger partial charge in [-0.15, -0.1) is 0 Å². The van der Waals surface area contributed by atoms with Crippen LogP contribution in [0.4, 0.5) is 0 Å². The predicted octanol–water partition coefficient (Wildman–Crippen LogP) is 2.46. The molecule has 4 nitrogen and oxygen atoms in total. The fourth-order valence-electron chi connectivity index (χ4n) is 3.48. The maximum Gasteiger partial charge on any atom is 0.150 e. The molecule has 21 heavy (non-hydrogen) atoms. The highest BCUT2D eigenvalue weighted by atomic mass is 32.2. The van der Waals surface area contributed by atoms with Crippen molar-refractivity contribution in [3.63, 3.8) is 0 Å². The summed E-state index contributed by atoms with van der Waals surface area (Å²) in [6, 6.07) is 8.68. The molecule has 1 aromatic carbocycles. The molecule has 0 amide bonds. The first-order valence-electron chi connectivity index (χ1n) is 7.70. The summed E-state index contributed by atoms with van der Waals surface area (Å²) in [5.74, 6) is 0.955. The molecule has 5 heteroatoms. The molecule has 0 aromatic heterocycles. The van der Waals surface area contributed by atoms with Gasteiger partial charge in [0.15, 0.2) is 0 Å². The largest absolute Gasteiger partial charge is 0.493 e. The quantitative estimate of drug-likeness (QED) is 0.932. The predicted molar refractivity (Wildman–Crippen MR) is 83.3 cm³/mol. The van der Waals surface area contributed by atoms with Crippen LogP contribution in [0, 0.1) is 0 Å². The zero-order valence-corrected chi connectivity index (χ0v) is 13.2. The van der Waals surface area contributed by atoms with Crippen LogP contribution in [0.25, 0.3) is 0 Å². The minimum absolute atomic E-state index is 0.182. The SMILES string of the molecule is CS(=O)(=O)C1CCCC(NC2CCOc3ccccc32)C1. The second-order valence-electron chi connectivity index (χ2n) is 6.21. The van der Waals surface area contributed by atoms with Gasteiger partial charge in [0, 0.05) is 30.3 Å². The summed E-state index contributed by atoms with van der Waals surface area (Å²) in [5, 5.41) is 3.49. The van der Waals surface area contributed by atoms with Crippen molar-refractivity contribution in [1.82, 2.24) is 5.32 Å². The molecule has 2 aliphatic rings. The highest BCUT2D eigenvalue weighted by Gasteiger charge is 2.31. The molecule has 1 saturated carbocycles. The minimum atomic E-state index is -2.92. The average Bonchev–Trinajstić information content (AvgIpc) is 2.47. The summed E-state index contributed by atoms with van der Waals surface area (Å²) in [7, 11) is -2.92. The van der Waals surface area contributed by atoms with Crippen molar-refractivity contribution < 1.29 is 13.2 Å². The Balaban J connectivity index is 1.70. The number of para-hydroxylation sites is 1. The number of hydrogen-bond donors (Lipinski definition) is 1. The Kier molecular flexibility index (Phi) is 4.22. The molecule has 1 N–H and O–H groups in total. The van der Waals surface area contributed by atoms with Gasteiger partial charge in [0.25, 0.3) is 0 Å². The molecule has 0 radical (unpaired) electrons. The lowest BCUT2D eigenvalue weighted by atomic mass is 9.92. The van der Waals surface area contributed by atoms with Gasteiger partial charge in [-0.25, -0.2) is 8.42 Å². The molecular weight excluding hydrogens is 286 g/mol. The van der Waals surface area contributed by atoms with Crippen molar-refractivity contribution in [2.24, 2.45) is 0 Å². The van der Waals surface area contributed by atoms with Crippen LogP contribution in [0.2, 0.25) is 0 Å². The summed E-state index contributed by atoms with van der Waals surface area (Å²) < 4.78 is 29.2. The van der Waals surface area contributed by atoms with E-state index in [4.69, 9.17) is 4.74 Å². The molecule has 3 atom stereocenters. The number of ether oxygens (including phenoxy) is 1. The molecule has 3 rings (SSSR count). The summed E-state index contributed by atoms with van der Waals surface area (Å²) in [6.45, 7) is 0.719. The second kappa shape index (κ2) is 5.97. The van der Waals surface area contributed by atoms with Crippen LogP contribution < -0.4 is 10.1 Å². The fraction of sp³-hybridized carbons (Fsp3) is 0.625. The molecule has 1 fully saturated rings. The zero-order chi connectivity index (χ0) is 14.9. The van der Waals surface area contributed by atoms with E-state index in [1.54, 1.807) is 0 Å². The molecule has 1 aliphatic heterocycles. The van der Waals surface area contributed by atoms with Crippen molar-refractivity contribution in [1.29, 1.82) is 0 Å². The van der Waals surface area contributed by atoms with Crippen LogP contribution in [-0.4, -0.2) is 32.6 Å². The smallest absolute Gasteiger partial charge is 0.150 e. The number of rotatable bonds is 3. The Labute approximate surface area is 126 Å². The second-order valence-corrected chi connectivity index (χ2v) is 8.54. The first-order chi connectivity index (χ1) is 10.0. The summed E-state index contributed by atoms with van der Waals surface area (Å²) in [4.78, 5) is 0. The highest BCUT2D eigenvalue weighted by molar-refractivity contribution is 7.91. The lowest BCUT2D eigenvalue weighted by molar-refractivity contribution is 0.233. The number of hydrogen-bond acceptors (Lipinski definition) is 4. The van der Waals surface area contributed by atoms with Crippen LogP contribution >= 0.6 is 0 Å².